The number of nitrogens with zero attached hydrogens (tertiary/aromatic N) is 8. The van der Waals surface area contributed by atoms with E-state index in [0.717, 1.165) is 101 Å². The molecule has 6 heterocycles. The van der Waals surface area contributed by atoms with Crippen molar-refractivity contribution in [1.82, 2.24) is 30.0 Å². The Morgan fingerprint density at radius 2 is 1.49 bits per heavy atom. The number of piperazine rings is 2. The van der Waals surface area contributed by atoms with Gasteiger partial charge < -0.3 is 35.1 Å². The number of benzene rings is 3. The van der Waals surface area contributed by atoms with Crippen LogP contribution in [0.15, 0.2) is 78.9 Å². The fourth-order valence-electron chi connectivity index (χ4n) is 9.69. The van der Waals surface area contributed by atoms with Gasteiger partial charge in [0.15, 0.2) is 11.6 Å². The second kappa shape index (κ2) is 18.0. The molecular formula is C46H55N9O6. The number of fused-ring (bicyclic) bond motifs is 2. The smallest absolute Gasteiger partial charge is 0.263 e. The number of piperidine rings is 2. The zero-order chi connectivity index (χ0) is 41.9. The van der Waals surface area contributed by atoms with E-state index in [4.69, 9.17) is 15.3 Å². The average molecular weight is 830 g/mol. The van der Waals surface area contributed by atoms with Crippen LogP contribution < -0.4 is 25.1 Å². The van der Waals surface area contributed by atoms with Crippen molar-refractivity contribution in [2.24, 2.45) is 0 Å². The van der Waals surface area contributed by atoms with Crippen molar-refractivity contribution in [2.45, 2.75) is 62.9 Å². The molecule has 2 unspecified atom stereocenters. The van der Waals surface area contributed by atoms with Gasteiger partial charge in [-0.25, -0.2) is 0 Å². The molecule has 4 aromatic rings. The van der Waals surface area contributed by atoms with Crippen LogP contribution in [0.25, 0.3) is 11.3 Å². The molecule has 3 amide bonds. The van der Waals surface area contributed by atoms with Crippen LogP contribution in [-0.4, -0.2) is 137 Å². The topological polar surface area (TPSA) is 161 Å². The summed E-state index contributed by atoms with van der Waals surface area (Å²) < 4.78 is 6.31. The van der Waals surface area contributed by atoms with Gasteiger partial charge in [0, 0.05) is 88.1 Å². The predicted molar refractivity (Wildman–Crippen MR) is 231 cm³/mol. The number of hydrogen-bond donors (Lipinski definition) is 2. The first-order chi connectivity index (χ1) is 29.8. The molecule has 2 bridgehead atoms. The van der Waals surface area contributed by atoms with E-state index in [1.54, 1.807) is 12.1 Å². The molecule has 5 aliphatic rings. The summed E-state index contributed by atoms with van der Waals surface area (Å²) in [5, 5.41) is 19.8. The zero-order valence-corrected chi connectivity index (χ0v) is 34.6. The van der Waals surface area contributed by atoms with E-state index < -0.39 is 0 Å². The summed E-state index contributed by atoms with van der Waals surface area (Å²) in [5.74, 6) is 1.90. The number of phenols is 1. The minimum Gasteiger partial charge on any atom is -0.507 e. The predicted octanol–water partition coefficient (Wildman–Crippen LogP) is 4.52. The molecule has 1 aromatic heterocycles. The Hall–Kier alpha value is -5.93. The van der Waals surface area contributed by atoms with Crippen molar-refractivity contribution < 1.29 is 29.1 Å². The number of hydrogen-bond acceptors (Lipinski definition) is 13. The van der Waals surface area contributed by atoms with Crippen LogP contribution in [0.5, 0.6) is 17.2 Å². The van der Waals surface area contributed by atoms with Gasteiger partial charge >= 0.3 is 0 Å². The largest absolute Gasteiger partial charge is 0.507 e. The molecule has 5 fully saturated rings. The third-order valence-corrected chi connectivity index (χ3v) is 13.1. The number of imide groups is 1. The van der Waals surface area contributed by atoms with E-state index in [1.165, 1.54) is 11.3 Å². The number of ether oxygens (including phenoxy) is 1. The number of anilines is 3. The Labute approximate surface area is 356 Å². The van der Waals surface area contributed by atoms with Crippen LogP contribution in [0.4, 0.5) is 17.2 Å². The fourth-order valence-corrected chi connectivity index (χ4v) is 9.69. The Balaban J connectivity index is 0.696. The molecule has 320 valence electrons. The quantitative estimate of drug-likeness (QED) is 0.192. The SMILES string of the molecule is Nc1nnc(-c2ccccc2O)cc1N1CC2CCC(C1)N2c1cccc(OCCN2CCN(C(=O)CN3CCC(c4ccc(ON5C(=O)CCCC5=O)cc4)CC3)CC2)c1. The lowest BCUT2D eigenvalue weighted by molar-refractivity contribution is -0.175. The maximum Gasteiger partial charge on any atom is 0.263 e. The average Bonchev–Trinajstić information content (AvgIpc) is 3.55. The molecule has 3 N–H and O–H groups in total. The molecule has 5 saturated heterocycles. The summed E-state index contributed by atoms with van der Waals surface area (Å²) in [6.07, 6.45) is 5.34. The first-order valence-corrected chi connectivity index (χ1v) is 21.8. The Kier molecular flexibility index (Phi) is 11.9. The van der Waals surface area contributed by atoms with Gasteiger partial charge in [-0.1, -0.05) is 30.3 Å². The van der Waals surface area contributed by atoms with Gasteiger partial charge in [0.1, 0.15) is 18.1 Å². The molecule has 15 nitrogen and oxygen atoms in total. The van der Waals surface area contributed by atoms with E-state index in [9.17, 15) is 19.5 Å². The highest BCUT2D eigenvalue weighted by Crippen LogP contribution is 2.40. The number of likely N-dealkylation sites (tertiary alicyclic amines) is 1. The zero-order valence-electron chi connectivity index (χ0n) is 34.6. The first kappa shape index (κ1) is 40.5. The third kappa shape index (κ3) is 9.08. The lowest BCUT2D eigenvalue weighted by atomic mass is 9.89. The molecule has 0 aliphatic carbocycles. The number of nitrogen functional groups attached to an aromatic ring is 1. The van der Waals surface area contributed by atoms with Crippen molar-refractivity contribution in [3.05, 3.63) is 84.4 Å². The van der Waals surface area contributed by atoms with Crippen molar-refractivity contribution in [3.63, 3.8) is 0 Å². The Morgan fingerprint density at radius 1 is 0.770 bits per heavy atom. The molecular weight excluding hydrogens is 775 g/mol. The Bertz CT molecular complexity index is 2180. The van der Waals surface area contributed by atoms with Crippen LogP contribution in [0, 0.1) is 0 Å². The summed E-state index contributed by atoms with van der Waals surface area (Å²) in [5.41, 5.74) is 10.8. The number of carbonyl (C=O) groups is 3. The van der Waals surface area contributed by atoms with E-state index in [-0.39, 0.29) is 23.5 Å². The molecule has 3 aromatic carbocycles. The van der Waals surface area contributed by atoms with Gasteiger partial charge in [-0.3, -0.25) is 24.2 Å². The maximum absolute atomic E-state index is 13.3. The second-order valence-corrected chi connectivity index (χ2v) is 16.9. The summed E-state index contributed by atoms with van der Waals surface area (Å²) in [7, 11) is 0. The van der Waals surface area contributed by atoms with E-state index >= 15 is 0 Å². The second-order valence-electron chi connectivity index (χ2n) is 16.9. The fraction of sp³-hybridized carbons (Fsp3) is 0.457. The standard InChI is InChI=1S/C46H55N9O6/c47-46-41(28-40(48-49-46)39-7-1-2-8-42(39)56)53-29-35-13-14-36(30-53)54(35)34-5-3-6-38(27-34)60-26-25-50-21-23-52(24-22-50)45(59)31-51-19-17-33(18-20-51)32-11-15-37(16-12-32)61-55-43(57)9-4-10-44(55)58/h1-3,5-8,11-12,15-16,27-28,33,35-36,56H,4,9-10,13-14,17-26,29-31H2,(H2,47,49). The number of carbonyl (C=O) groups excluding carboxylic acids is 3. The van der Waals surface area contributed by atoms with Crippen molar-refractivity contribution in [1.29, 1.82) is 0 Å². The van der Waals surface area contributed by atoms with E-state index in [0.29, 0.717) is 73.2 Å². The lowest BCUT2D eigenvalue weighted by Crippen LogP contribution is -2.54. The van der Waals surface area contributed by atoms with Gasteiger partial charge in [-0.15, -0.1) is 15.3 Å². The highest BCUT2D eigenvalue weighted by atomic mass is 16.7. The van der Waals surface area contributed by atoms with Gasteiger partial charge in [-0.05, 0) is 99.1 Å². The Morgan fingerprint density at radius 3 is 2.21 bits per heavy atom. The summed E-state index contributed by atoms with van der Waals surface area (Å²) >= 11 is 0. The molecule has 0 saturated carbocycles. The summed E-state index contributed by atoms with van der Waals surface area (Å²) in [6.45, 7) is 8.28. The molecule has 0 spiro atoms. The minimum atomic E-state index is -0.294. The molecule has 2 atom stereocenters. The number of aromatic nitrogens is 2. The summed E-state index contributed by atoms with van der Waals surface area (Å²) in [4.78, 5) is 54.6. The number of nitrogens with two attached hydrogens (primary N) is 1. The number of amides is 3. The first-order valence-electron chi connectivity index (χ1n) is 21.8. The molecule has 9 rings (SSSR count). The molecule has 61 heavy (non-hydrogen) atoms. The van der Waals surface area contributed by atoms with Crippen LogP contribution in [0.1, 0.15) is 56.4 Å². The minimum absolute atomic E-state index is 0.165. The van der Waals surface area contributed by atoms with Gasteiger partial charge in [0.05, 0.1) is 17.9 Å². The number of rotatable bonds is 12. The van der Waals surface area contributed by atoms with Crippen LogP contribution in [0.2, 0.25) is 0 Å². The molecule has 15 heteroatoms. The molecule has 0 radical (unpaired) electrons. The maximum atomic E-state index is 13.3. The number of phenolic OH excluding ortho intramolecular Hbond substituents is 1. The van der Waals surface area contributed by atoms with Crippen molar-refractivity contribution in [3.8, 4) is 28.5 Å². The lowest BCUT2D eigenvalue weighted by Gasteiger charge is -2.43. The highest BCUT2D eigenvalue weighted by molar-refractivity contribution is 5.96. The number of aromatic hydroxyl groups is 1. The van der Waals surface area contributed by atoms with Gasteiger partial charge in [0.2, 0.25) is 5.91 Å². The van der Waals surface area contributed by atoms with Crippen molar-refractivity contribution >= 4 is 34.9 Å². The normalized spacial score (nSPS) is 21.6. The van der Waals surface area contributed by atoms with Crippen LogP contribution in [-0.2, 0) is 14.4 Å². The van der Waals surface area contributed by atoms with Crippen LogP contribution in [0.3, 0.4) is 0 Å². The van der Waals surface area contributed by atoms with Gasteiger partial charge in [0.25, 0.3) is 11.8 Å². The van der Waals surface area contributed by atoms with Crippen LogP contribution >= 0.6 is 0 Å². The highest BCUT2D eigenvalue weighted by Gasteiger charge is 2.41. The number of hydroxylamine groups is 2. The van der Waals surface area contributed by atoms with Crippen molar-refractivity contribution in [2.75, 3.05) is 87.6 Å². The van der Waals surface area contributed by atoms with Gasteiger partial charge in [-0.2, -0.15) is 0 Å². The van der Waals surface area contributed by atoms with E-state index in [1.807, 2.05) is 53.4 Å². The monoisotopic (exact) mass is 829 g/mol. The summed E-state index contributed by atoms with van der Waals surface area (Å²) in [6, 6.07) is 25.9. The number of para-hydroxylation sites is 1. The van der Waals surface area contributed by atoms with E-state index in [2.05, 4.69) is 48.0 Å². The molecule has 5 aliphatic heterocycles. The third-order valence-electron chi connectivity index (χ3n) is 13.1.